The summed E-state index contributed by atoms with van der Waals surface area (Å²) in [6, 6.07) is 5.20. The summed E-state index contributed by atoms with van der Waals surface area (Å²) in [5.41, 5.74) is -0.129. The first-order chi connectivity index (χ1) is 8.78. The standard InChI is InChI=1S/C13H18BrNO3S/c1-3-6-13(16)8-15(9-13)19(17,18)12-7-11(14)5-4-10(12)2/h4-5,7,16H,3,6,8-9H2,1-2H3. The van der Waals surface area contributed by atoms with Crippen LogP contribution in [0.5, 0.6) is 0 Å². The predicted molar refractivity (Wildman–Crippen MR) is 77.5 cm³/mol. The van der Waals surface area contributed by atoms with Gasteiger partial charge in [-0.25, -0.2) is 8.42 Å². The van der Waals surface area contributed by atoms with Crippen LogP contribution in [0, 0.1) is 6.92 Å². The van der Waals surface area contributed by atoms with Gasteiger partial charge in [-0.2, -0.15) is 4.31 Å². The Labute approximate surface area is 122 Å². The molecule has 1 saturated heterocycles. The van der Waals surface area contributed by atoms with Crippen LogP contribution in [0.4, 0.5) is 0 Å². The first-order valence-corrected chi connectivity index (χ1v) is 8.50. The van der Waals surface area contributed by atoms with E-state index in [4.69, 9.17) is 0 Å². The van der Waals surface area contributed by atoms with Gasteiger partial charge in [0.2, 0.25) is 10.0 Å². The number of β-amino-alcohol motifs (C(OH)–C–C–N with tert-alkyl or cyclic N) is 1. The highest BCUT2D eigenvalue weighted by molar-refractivity contribution is 9.10. The van der Waals surface area contributed by atoms with E-state index in [0.717, 1.165) is 10.9 Å². The molecule has 0 aliphatic carbocycles. The zero-order valence-electron chi connectivity index (χ0n) is 11.1. The normalized spacial score (nSPS) is 19.2. The molecule has 0 aromatic heterocycles. The highest BCUT2D eigenvalue weighted by Crippen LogP contribution is 2.33. The van der Waals surface area contributed by atoms with Crippen LogP contribution in [0.3, 0.4) is 0 Å². The maximum absolute atomic E-state index is 12.5. The van der Waals surface area contributed by atoms with E-state index in [0.29, 0.717) is 16.9 Å². The topological polar surface area (TPSA) is 57.6 Å². The molecule has 1 aliphatic heterocycles. The van der Waals surface area contributed by atoms with Crippen LogP contribution in [0.2, 0.25) is 0 Å². The van der Waals surface area contributed by atoms with Gasteiger partial charge in [-0.3, -0.25) is 0 Å². The fourth-order valence-corrected chi connectivity index (χ4v) is 4.76. The van der Waals surface area contributed by atoms with Crippen molar-refractivity contribution >= 4 is 26.0 Å². The van der Waals surface area contributed by atoms with Gasteiger partial charge in [0.1, 0.15) is 0 Å². The lowest BCUT2D eigenvalue weighted by atomic mass is 9.92. The van der Waals surface area contributed by atoms with Crippen LogP contribution >= 0.6 is 15.9 Å². The van der Waals surface area contributed by atoms with Crippen molar-refractivity contribution in [1.29, 1.82) is 0 Å². The Kier molecular flexibility index (Phi) is 4.07. The molecule has 0 saturated carbocycles. The minimum atomic E-state index is -3.50. The van der Waals surface area contributed by atoms with E-state index in [9.17, 15) is 13.5 Å². The van der Waals surface area contributed by atoms with Crippen LogP contribution in [0.15, 0.2) is 27.6 Å². The van der Waals surface area contributed by atoms with Crippen molar-refractivity contribution in [2.75, 3.05) is 13.1 Å². The summed E-state index contributed by atoms with van der Waals surface area (Å²) in [5.74, 6) is 0. The third-order valence-electron chi connectivity index (χ3n) is 3.42. The number of aliphatic hydroxyl groups is 1. The second-order valence-corrected chi connectivity index (χ2v) is 7.98. The van der Waals surface area contributed by atoms with E-state index in [1.165, 1.54) is 4.31 Å². The molecule has 0 unspecified atom stereocenters. The van der Waals surface area contributed by atoms with Gasteiger partial charge in [-0.1, -0.05) is 35.3 Å². The summed E-state index contributed by atoms with van der Waals surface area (Å²) in [6.45, 7) is 4.13. The van der Waals surface area contributed by atoms with Crippen LogP contribution < -0.4 is 0 Å². The Morgan fingerprint density at radius 3 is 2.63 bits per heavy atom. The molecule has 4 nitrogen and oxygen atoms in total. The summed E-state index contributed by atoms with van der Waals surface area (Å²) < 4.78 is 27.0. The largest absolute Gasteiger partial charge is 0.387 e. The molecule has 0 bridgehead atoms. The molecule has 1 aliphatic rings. The lowest BCUT2D eigenvalue weighted by Gasteiger charge is -2.45. The number of hydrogen-bond acceptors (Lipinski definition) is 3. The molecule has 1 N–H and O–H groups in total. The zero-order chi connectivity index (χ0) is 14.3. The van der Waals surface area contributed by atoms with Gasteiger partial charge < -0.3 is 5.11 Å². The Balaban J connectivity index is 2.24. The summed E-state index contributed by atoms with van der Waals surface area (Å²) in [7, 11) is -3.50. The number of hydrogen-bond donors (Lipinski definition) is 1. The smallest absolute Gasteiger partial charge is 0.243 e. The van der Waals surface area contributed by atoms with E-state index in [1.54, 1.807) is 19.1 Å². The number of halogens is 1. The van der Waals surface area contributed by atoms with Crippen molar-refractivity contribution in [3.05, 3.63) is 28.2 Å². The van der Waals surface area contributed by atoms with Gasteiger partial charge in [-0.15, -0.1) is 0 Å². The van der Waals surface area contributed by atoms with E-state index in [2.05, 4.69) is 15.9 Å². The van der Waals surface area contributed by atoms with Crippen LogP contribution in [0.1, 0.15) is 25.3 Å². The molecular weight excluding hydrogens is 330 g/mol. The van der Waals surface area contributed by atoms with Crippen molar-refractivity contribution in [1.82, 2.24) is 4.31 Å². The van der Waals surface area contributed by atoms with Crippen molar-refractivity contribution in [3.63, 3.8) is 0 Å². The summed E-state index contributed by atoms with van der Waals surface area (Å²) in [6.07, 6.45) is 1.48. The molecule has 6 heteroatoms. The van der Waals surface area contributed by atoms with Gasteiger partial charge >= 0.3 is 0 Å². The second-order valence-electron chi connectivity index (χ2n) is 5.16. The van der Waals surface area contributed by atoms with E-state index >= 15 is 0 Å². The Morgan fingerprint density at radius 1 is 1.42 bits per heavy atom. The van der Waals surface area contributed by atoms with Crippen molar-refractivity contribution < 1.29 is 13.5 Å². The molecular formula is C13H18BrNO3S. The summed E-state index contributed by atoms with van der Waals surface area (Å²) >= 11 is 3.29. The highest BCUT2D eigenvalue weighted by Gasteiger charge is 2.46. The van der Waals surface area contributed by atoms with Crippen LogP contribution in [-0.4, -0.2) is 36.5 Å². The van der Waals surface area contributed by atoms with Gasteiger partial charge in [0.25, 0.3) is 0 Å². The van der Waals surface area contributed by atoms with Crippen LogP contribution in [0.25, 0.3) is 0 Å². The SMILES string of the molecule is CCCC1(O)CN(S(=O)(=O)c2cc(Br)ccc2C)C1. The average molecular weight is 348 g/mol. The van der Waals surface area contributed by atoms with Crippen molar-refractivity contribution in [3.8, 4) is 0 Å². The predicted octanol–water partition coefficient (Wildman–Crippen LogP) is 2.29. The number of aryl methyl sites for hydroxylation is 1. The number of benzene rings is 1. The van der Waals surface area contributed by atoms with E-state index in [1.807, 2.05) is 13.0 Å². The van der Waals surface area contributed by atoms with Gasteiger partial charge in [0.15, 0.2) is 0 Å². The third-order valence-corrected chi connectivity index (χ3v) is 5.85. The first-order valence-electron chi connectivity index (χ1n) is 6.27. The fourth-order valence-electron chi connectivity index (χ4n) is 2.39. The molecule has 1 aromatic carbocycles. The molecule has 0 spiro atoms. The first kappa shape index (κ1) is 15.0. The minimum Gasteiger partial charge on any atom is -0.387 e. The minimum absolute atomic E-state index is 0.190. The van der Waals surface area contributed by atoms with Crippen LogP contribution in [-0.2, 0) is 10.0 Å². The van der Waals surface area contributed by atoms with Gasteiger partial charge in [0.05, 0.1) is 10.5 Å². The fraction of sp³-hybridized carbons (Fsp3) is 0.538. The molecule has 0 atom stereocenters. The molecule has 106 valence electrons. The summed E-state index contributed by atoms with van der Waals surface area (Å²) in [5, 5.41) is 10.1. The number of sulfonamides is 1. The maximum Gasteiger partial charge on any atom is 0.243 e. The Morgan fingerprint density at radius 2 is 2.05 bits per heavy atom. The molecule has 19 heavy (non-hydrogen) atoms. The molecule has 1 aromatic rings. The van der Waals surface area contributed by atoms with Crippen molar-refractivity contribution in [2.24, 2.45) is 0 Å². The Hall–Kier alpha value is -0.430. The molecule has 2 rings (SSSR count). The van der Waals surface area contributed by atoms with Gasteiger partial charge in [0, 0.05) is 17.6 Å². The quantitative estimate of drug-likeness (QED) is 0.908. The zero-order valence-corrected chi connectivity index (χ0v) is 13.5. The summed E-state index contributed by atoms with van der Waals surface area (Å²) in [4.78, 5) is 0.306. The Bertz CT molecular complexity index is 580. The van der Waals surface area contributed by atoms with E-state index < -0.39 is 15.6 Å². The number of rotatable bonds is 4. The molecule has 1 heterocycles. The molecule has 1 fully saturated rings. The van der Waals surface area contributed by atoms with Crippen molar-refractivity contribution in [2.45, 2.75) is 37.2 Å². The lowest BCUT2D eigenvalue weighted by Crippen LogP contribution is -2.63. The molecule has 0 radical (unpaired) electrons. The highest BCUT2D eigenvalue weighted by atomic mass is 79.9. The average Bonchev–Trinajstić information content (AvgIpc) is 2.29. The lowest BCUT2D eigenvalue weighted by molar-refractivity contribution is -0.0653. The monoisotopic (exact) mass is 347 g/mol. The third kappa shape index (κ3) is 2.86. The maximum atomic E-state index is 12.5. The number of nitrogens with zero attached hydrogens (tertiary/aromatic N) is 1. The van der Waals surface area contributed by atoms with E-state index in [-0.39, 0.29) is 13.1 Å². The second kappa shape index (κ2) is 5.16. The van der Waals surface area contributed by atoms with Gasteiger partial charge in [-0.05, 0) is 31.0 Å². The molecule has 0 amide bonds.